The number of sulfone groups is 1. The molecule has 1 unspecified atom stereocenters. The second kappa shape index (κ2) is 7.45. The van der Waals surface area contributed by atoms with Crippen molar-refractivity contribution in [1.29, 1.82) is 5.26 Å². The number of halogens is 4. The third-order valence-electron chi connectivity index (χ3n) is 2.63. The minimum atomic E-state index is -4.61. The third kappa shape index (κ3) is 7.15. The number of rotatable bonds is 6. The quantitative estimate of drug-likeness (QED) is 0.780. The molecule has 1 aromatic heterocycles. The lowest BCUT2D eigenvalue weighted by Gasteiger charge is -2.22. The van der Waals surface area contributed by atoms with Crippen LogP contribution >= 0.6 is 11.6 Å². The molecule has 0 radical (unpaired) electrons. The predicted molar refractivity (Wildman–Crippen MR) is 82.0 cm³/mol. The molecule has 0 aliphatic rings. The molecule has 1 heterocycles. The fourth-order valence-electron chi connectivity index (χ4n) is 1.75. The maximum atomic E-state index is 12.2. The van der Waals surface area contributed by atoms with Gasteiger partial charge in [-0.1, -0.05) is 11.6 Å². The van der Waals surface area contributed by atoms with Crippen molar-refractivity contribution in [2.24, 2.45) is 0 Å². The van der Waals surface area contributed by atoms with Crippen LogP contribution in [0.3, 0.4) is 0 Å². The summed E-state index contributed by atoms with van der Waals surface area (Å²) in [4.78, 5) is 15.8. The molecule has 0 aliphatic carbocycles. The zero-order valence-corrected chi connectivity index (χ0v) is 14.6. The number of nitrogens with one attached hydrogen (secondary N) is 1. The van der Waals surface area contributed by atoms with Crippen LogP contribution in [0.1, 0.15) is 17.4 Å². The van der Waals surface area contributed by atoms with Gasteiger partial charge >= 0.3 is 6.18 Å². The second-order valence-corrected chi connectivity index (χ2v) is 7.92. The van der Waals surface area contributed by atoms with Crippen LogP contribution in [-0.2, 0) is 9.84 Å². The molecule has 25 heavy (non-hydrogen) atoms. The lowest BCUT2D eigenvalue weighted by atomic mass is 10.1. The first-order chi connectivity index (χ1) is 11.2. The topological polar surface area (TPSA) is 109 Å². The normalized spacial score (nSPS) is 14.3. The minimum Gasteiger partial charge on any atom is -0.482 e. The number of nitrogens with zero attached hydrogens (tertiary/aromatic N) is 2. The number of amides is 1. The summed E-state index contributed by atoms with van der Waals surface area (Å²) in [6, 6.07) is 2.52. The molecule has 1 aromatic rings. The summed E-state index contributed by atoms with van der Waals surface area (Å²) in [5.74, 6) is -2.06. The van der Waals surface area contributed by atoms with Gasteiger partial charge in [0.2, 0.25) is 0 Å². The van der Waals surface area contributed by atoms with Crippen molar-refractivity contribution in [2.45, 2.75) is 18.6 Å². The molecule has 0 bridgehead atoms. The fourth-order valence-corrected chi connectivity index (χ4v) is 3.09. The zero-order valence-electron chi connectivity index (χ0n) is 13.0. The molecule has 0 saturated heterocycles. The largest absolute Gasteiger partial charge is 0.482 e. The zero-order chi connectivity index (χ0) is 19.5. The van der Waals surface area contributed by atoms with Crippen molar-refractivity contribution in [3.8, 4) is 11.8 Å². The van der Waals surface area contributed by atoms with E-state index in [0.29, 0.717) is 0 Å². The number of carbonyl (C=O) groups excluding carboxylic acids is 1. The van der Waals surface area contributed by atoms with E-state index in [-0.39, 0.29) is 5.02 Å². The second-order valence-electron chi connectivity index (χ2n) is 5.37. The van der Waals surface area contributed by atoms with Crippen molar-refractivity contribution in [2.75, 3.05) is 18.6 Å². The highest BCUT2D eigenvalue weighted by Crippen LogP contribution is 2.26. The van der Waals surface area contributed by atoms with E-state index in [4.69, 9.17) is 16.9 Å². The highest BCUT2D eigenvalue weighted by molar-refractivity contribution is 7.90. The van der Waals surface area contributed by atoms with E-state index in [2.05, 4.69) is 15.0 Å². The van der Waals surface area contributed by atoms with Crippen molar-refractivity contribution < 1.29 is 31.1 Å². The maximum Gasteiger partial charge on any atom is 0.422 e. The maximum absolute atomic E-state index is 12.2. The van der Waals surface area contributed by atoms with Crippen LogP contribution in [0.15, 0.2) is 12.3 Å². The molecular formula is C13H13ClF3N3O4S. The number of alkyl halides is 3. The molecular weight excluding hydrogens is 387 g/mol. The van der Waals surface area contributed by atoms with Crippen molar-refractivity contribution in [3.63, 3.8) is 0 Å². The van der Waals surface area contributed by atoms with Crippen molar-refractivity contribution in [3.05, 3.63) is 23.0 Å². The van der Waals surface area contributed by atoms with E-state index in [9.17, 15) is 26.4 Å². The molecule has 1 amide bonds. The average molecular weight is 400 g/mol. The van der Waals surface area contributed by atoms with Crippen LogP contribution in [0.2, 0.25) is 5.02 Å². The molecule has 0 saturated carbocycles. The summed E-state index contributed by atoms with van der Waals surface area (Å²) in [5.41, 5.74) is -2.14. The molecule has 0 fully saturated rings. The SMILES string of the molecule is CC(C#N)(CS(C)(=O)=O)NC(=O)c1cc(OCC(F)(F)F)c(Cl)cn1. The van der Waals surface area contributed by atoms with Gasteiger partial charge in [0.15, 0.2) is 16.4 Å². The lowest BCUT2D eigenvalue weighted by molar-refractivity contribution is -0.153. The number of aromatic nitrogens is 1. The summed E-state index contributed by atoms with van der Waals surface area (Å²) >= 11 is 5.66. The number of carbonyl (C=O) groups is 1. The van der Waals surface area contributed by atoms with Crippen LogP contribution in [0.25, 0.3) is 0 Å². The van der Waals surface area contributed by atoms with E-state index in [1.165, 1.54) is 6.92 Å². The van der Waals surface area contributed by atoms with Gasteiger partial charge in [0.1, 0.15) is 22.0 Å². The van der Waals surface area contributed by atoms with Gasteiger partial charge in [-0.05, 0) is 6.92 Å². The summed E-state index contributed by atoms with van der Waals surface area (Å²) in [7, 11) is -3.59. The first kappa shape index (κ1) is 21.0. The Morgan fingerprint density at radius 1 is 1.48 bits per heavy atom. The van der Waals surface area contributed by atoms with Crippen LogP contribution in [0, 0.1) is 11.3 Å². The molecule has 0 aromatic carbocycles. The summed E-state index contributed by atoms with van der Waals surface area (Å²) in [6.45, 7) is -0.440. The number of hydrogen-bond donors (Lipinski definition) is 1. The molecule has 0 aliphatic heterocycles. The smallest absolute Gasteiger partial charge is 0.422 e. The lowest BCUT2D eigenvalue weighted by Crippen LogP contribution is -2.49. The number of pyridine rings is 1. The van der Waals surface area contributed by atoms with Crippen LogP contribution in [-0.4, -0.2) is 49.6 Å². The van der Waals surface area contributed by atoms with Gasteiger partial charge in [0, 0.05) is 12.3 Å². The Kier molecular flexibility index (Phi) is 6.25. The Morgan fingerprint density at radius 3 is 2.56 bits per heavy atom. The Labute approximate surface area is 146 Å². The minimum absolute atomic E-state index is 0.250. The molecule has 7 nitrogen and oxygen atoms in total. The van der Waals surface area contributed by atoms with E-state index in [0.717, 1.165) is 18.5 Å². The number of ether oxygens (including phenoxy) is 1. The molecule has 1 atom stereocenters. The van der Waals surface area contributed by atoms with Gasteiger partial charge in [-0.15, -0.1) is 0 Å². The Balaban J connectivity index is 3.00. The average Bonchev–Trinajstić information content (AvgIpc) is 2.43. The number of nitriles is 1. The molecule has 1 N–H and O–H groups in total. The van der Waals surface area contributed by atoms with Crippen LogP contribution < -0.4 is 10.1 Å². The van der Waals surface area contributed by atoms with Gasteiger partial charge in [-0.25, -0.2) is 13.4 Å². The number of hydrogen-bond acceptors (Lipinski definition) is 6. The first-order valence-electron chi connectivity index (χ1n) is 6.51. The van der Waals surface area contributed by atoms with Gasteiger partial charge < -0.3 is 10.1 Å². The third-order valence-corrected chi connectivity index (χ3v) is 4.02. The molecule has 138 valence electrons. The van der Waals surface area contributed by atoms with E-state index in [1.807, 2.05) is 0 Å². The Hall–Kier alpha value is -2.06. The van der Waals surface area contributed by atoms with Gasteiger partial charge in [-0.3, -0.25) is 4.79 Å². The summed E-state index contributed by atoms with van der Waals surface area (Å²) < 4.78 is 63.8. The van der Waals surface area contributed by atoms with Gasteiger partial charge in [0.25, 0.3) is 5.91 Å². The highest BCUT2D eigenvalue weighted by atomic mass is 35.5. The monoisotopic (exact) mass is 399 g/mol. The highest BCUT2D eigenvalue weighted by Gasteiger charge is 2.32. The van der Waals surface area contributed by atoms with Crippen LogP contribution in [0.5, 0.6) is 5.75 Å². The van der Waals surface area contributed by atoms with Crippen LogP contribution in [0.4, 0.5) is 13.2 Å². The Morgan fingerprint density at radius 2 is 2.08 bits per heavy atom. The predicted octanol–water partition coefficient (Wildman–Crippen LogP) is 1.73. The van der Waals surface area contributed by atoms with Crippen molar-refractivity contribution >= 4 is 27.3 Å². The molecule has 1 rings (SSSR count). The summed E-state index contributed by atoms with van der Waals surface area (Å²) in [5, 5.41) is 11.0. The molecule has 12 heteroatoms. The van der Waals surface area contributed by atoms with E-state index in [1.54, 1.807) is 6.07 Å². The fraction of sp³-hybridized carbons (Fsp3) is 0.462. The molecule has 0 spiro atoms. The summed E-state index contributed by atoms with van der Waals surface area (Å²) in [6.07, 6.45) is -2.81. The van der Waals surface area contributed by atoms with Gasteiger partial charge in [0.05, 0.1) is 18.0 Å². The van der Waals surface area contributed by atoms with Gasteiger partial charge in [-0.2, -0.15) is 18.4 Å². The van der Waals surface area contributed by atoms with E-state index < -0.39 is 51.3 Å². The Bertz CT molecular complexity index is 808. The van der Waals surface area contributed by atoms with Crippen molar-refractivity contribution in [1.82, 2.24) is 10.3 Å². The van der Waals surface area contributed by atoms with E-state index >= 15 is 0 Å². The first-order valence-corrected chi connectivity index (χ1v) is 8.95. The standard InChI is InChI=1S/C13H13ClF3N3O4S/c1-12(5-18,7-25(2,22)23)20-11(21)9-3-10(8(14)4-19-9)24-6-13(15,16)17/h3-4H,6-7H2,1-2H3,(H,20,21).